The number of rotatable bonds is 4. The minimum atomic E-state index is 0.752. The summed E-state index contributed by atoms with van der Waals surface area (Å²) in [5.74, 6) is 1.84. The molecule has 2 N–H and O–H groups in total. The standard InChI is InChI=1S/C10H17N3/c1-4-7-13-9(6-3)12-8(5-2)10(13)11/h4H,1,5-7,11H2,2-3H3. The average molecular weight is 179 g/mol. The molecule has 0 aliphatic carbocycles. The highest BCUT2D eigenvalue weighted by atomic mass is 15.1. The Morgan fingerprint density at radius 3 is 2.62 bits per heavy atom. The highest BCUT2D eigenvalue weighted by Gasteiger charge is 2.10. The first-order chi connectivity index (χ1) is 6.24. The molecule has 0 fully saturated rings. The molecule has 0 bridgehead atoms. The topological polar surface area (TPSA) is 43.8 Å². The molecular formula is C10H17N3. The van der Waals surface area contributed by atoms with Gasteiger partial charge in [-0.05, 0) is 6.42 Å². The fraction of sp³-hybridized carbons (Fsp3) is 0.500. The maximum absolute atomic E-state index is 5.93. The maximum atomic E-state index is 5.93. The molecule has 0 saturated heterocycles. The lowest BCUT2D eigenvalue weighted by atomic mass is 10.3. The van der Waals surface area contributed by atoms with E-state index in [1.165, 1.54) is 0 Å². The maximum Gasteiger partial charge on any atom is 0.127 e. The minimum absolute atomic E-state index is 0.752. The van der Waals surface area contributed by atoms with Gasteiger partial charge in [0.1, 0.15) is 11.6 Å². The van der Waals surface area contributed by atoms with Crippen molar-refractivity contribution in [2.24, 2.45) is 0 Å². The summed E-state index contributed by atoms with van der Waals surface area (Å²) in [6.45, 7) is 8.61. The van der Waals surface area contributed by atoms with E-state index in [-0.39, 0.29) is 0 Å². The van der Waals surface area contributed by atoms with Crippen LogP contribution in [0.25, 0.3) is 0 Å². The lowest BCUT2D eigenvalue weighted by molar-refractivity contribution is 0.757. The van der Waals surface area contributed by atoms with E-state index in [9.17, 15) is 0 Å². The Morgan fingerprint density at radius 2 is 2.15 bits per heavy atom. The van der Waals surface area contributed by atoms with Crippen molar-refractivity contribution >= 4 is 5.82 Å². The van der Waals surface area contributed by atoms with Gasteiger partial charge < -0.3 is 10.3 Å². The number of nitrogens with zero attached hydrogens (tertiary/aromatic N) is 2. The highest BCUT2D eigenvalue weighted by Crippen LogP contribution is 2.15. The molecule has 0 saturated carbocycles. The molecule has 1 heterocycles. The largest absolute Gasteiger partial charge is 0.384 e. The molecular weight excluding hydrogens is 162 g/mol. The summed E-state index contributed by atoms with van der Waals surface area (Å²) in [7, 11) is 0. The summed E-state index contributed by atoms with van der Waals surface area (Å²) < 4.78 is 2.02. The van der Waals surface area contributed by atoms with E-state index in [0.29, 0.717) is 0 Å². The third kappa shape index (κ3) is 1.74. The summed E-state index contributed by atoms with van der Waals surface area (Å²) in [6, 6.07) is 0. The molecule has 0 radical (unpaired) electrons. The van der Waals surface area contributed by atoms with Crippen molar-refractivity contribution in [3.8, 4) is 0 Å². The second kappa shape index (κ2) is 4.12. The van der Waals surface area contributed by atoms with Crippen LogP contribution in [0.2, 0.25) is 0 Å². The Bertz CT molecular complexity index is 299. The SMILES string of the molecule is C=CCn1c(CC)nc(CC)c1N. The van der Waals surface area contributed by atoms with Crippen molar-refractivity contribution in [3.05, 3.63) is 24.2 Å². The molecule has 13 heavy (non-hydrogen) atoms. The van der Waals surface area contributed by atoms with E-state index >= 15 is 0 Å². The quantitative estimate of drug-likeness (QED) is 0.716. The van der Waals surface area contributed by atoms with Crippen molar-refractivity contribution in [2.75, 3.05) is 5.73 Å². The number of allylic oxidation sites excluding steroid dienone is 1. The van der Waals surface area contributed by atoms with Crippen molar-refractivity contribution in [1.29, 1.82) is 0 Å². The van der Waals surface area contributed by atoms with Crippen LogP contribution in [0.1, 0.15) is 25.4 Å². The van der Waals surface area contributed by atoms with Crippen molar-refractivity contribution < 1.29 is 0 Å². The molecule has 0 amide bonds. The van der Waals surface area contributed by atoms with Gasteiger partial charge in [-0.1, -0.05) is 19.9 Å². The van der Waals surface area contributed by atoms with E-state index < -0.39 is 0 Å². The molecule has 0 aliphatic rings. The van der Waals surface area contributed by atoms with Gasteiger partial charge in [-0.15, -0.1) is 6.58 Å². The number of imidazole rings is 1. The number of nitrogen functional groups attached to an aromatic ring is 1. The second-order valence-electron chi connectivity index (χ2n) is 2.97. The first-order valence-corrected chi connectivity index (χ1v) is 4.69. The highest BCUT2D eigenvalue weighted by molar-refractivity contribution is 5.38. The van der Waals surface area contributed by atoms with E-state index in [0.717, 1.165) is 36.7 Å². The molecule has 1 aromatic rings. The van der Waals surface area contributed by atoms with Crippen molar-refractivity contribution in [3.63, 3.8) is 0 Å². The number of anilines is 1. The van der Waals surface area contributed by atoms with E-state index in [4.69, 9.17) is 5.73 Å². The van der Waals surface area contributed by atoms with Gasteiger partial charge in [0.05, 0.1) is 5.69 Å². The number of aryl methyl sites for hydroxylation is 2. The summed E-state index contributed by atoms with van der Waals surface area (Å²) >= 11 is 0. The van der Waals surface area contributed by atoms with Crippen molar-refractivity contribution in [1.82, 2.24) is 9.55 Å². The average Bonchev–Trinajstić information content (AvgIpc) is 2.45. The molecule has 0 aliphatic heterocycles. The van der Waals surface area contributed by atoms with Crippen molar-refractivity contribution in [2.45, 2.75) is 33.2 Å². The van der Waals surface area contributed by atoms with Crippen LogP contribution in [0, 0.1) is 0 Å². The zero-order chi connectivity index (χ0) is 9.84. The number of hydrogen-bond acceptors (Lipinski definition) is 2. The summed E-state index contributed by atoms with van der Waals surface area (Å²) in [4.78, 5) is 4.46. The molecule has 1 aromatic heterocycles. The Kier molecular flexibility index (Phi) is 3.12. The Balaban J connectivity index is 3.11. The van der Waals surface area contributed by atoms with Gasteiger partial charge >= 0.3 is 0 Å². The zero-order valence-electron chi connectivity index (χ0n) is 8.38. The molecule has 0 spiro atoms. The number of hydrogen-bond donors (Lipinski definition) is 1. The van der Waals surface area contributed by atoms with E-state index in [2.05, 4.69) is 25.4 Å². The summed E-state index contributed by atoms with van der Waals surface area (Å²) in [6.07, 6.45) is 3.65. The van der Waals surface area contributed by atoms with Crippen LogP contribution in [0.15, 0.2) is 12.7 Å². The fourth-order valence-corrected chi connectivity index (χ4v) is 1.43. The van der Waals surface area contributed by atoms with Crippen LogP contribution in [-0.2, 0) is 19.4 Å². The first kappa shape index (κ1) is 9.84. The number of aromatic nitrogens is 2. The number of nitrogens with two attached hydrogens (primary N) is 1. The summed E-state index contributed by atoms with van der Waals surface area (Å²) in [5, 5.41) is 0. The van der Waals surface area contributed by atoms with Crippen LogP contribution < -0.4 is 5.73 Å². The summed E-state index contributed by atoms with van der Waals surface area (Å²) in [5.41, 5.74) is 6.93. The molecule has 0 aromatic carbocycles. The van der Waals surface area contributed by atoms with Crippen LogP contribution >= 0.6 is 0 Å². The molecule has 0 atom stereocenters. The predicted octanol–water partition coefficient (Wildman–Crippen LogP) is 1.78. The lowest BCUT2D eigenvalue weighted by Crippen LogP contribution is -2.05. The second-order valence-corrected chi connectivity index (χ2v) is 2.97. The minimum Gasteiger partial charge on any atom is -0.384 e. The first-order valence-electron chi connectivity index (χ1n) is 4.69. The van der Waals surface area contributed by atoms with Crippen LogP contribution in [0.5, 0.6) is 0 Å². The molecule has 72 valence electrons. The lowest BCUT2D eigenvalue weighted by Gasteiger charge is -2.04. The van der Waals surface area contributed by atoms with Gasteiger partial charge in [-0.2, -0.15) is 0 Å². The van der Waals surface area contributed by atoms with Gasteiger partial charge in [0.25, 0.3) is 0 Å². The van der Waals surface area contributed by atoms with Crippen LogP contribution in [0.4, 0.5) is 5.82 Å². The normalized spacial score (nSPS) is 10.3. The van der Waals surface area contributed by atoms with Gasteiger partial charge in [-0.3, -0.25) is 0 Å². The predicted molar refractivity (Wildman–Crippen MR) is 55.6 cm³/mol. The van der Waals surface area contributed by atoms with Gasteiger partial charge in [0, 0.05) is 13.0 Å². The van der Waals surface area contributed by atoms with E-state index in [1.807, 2.05) is 10.6 Å². The molecule has 3 heteroatoms. The Hall–Kier alpha value is -1.25. The molecule has 1 rings (SSSR count). The van der Waals surface area contributed by atoms with Crippen LogP contribution in [0.3, 0.4) is 0 Å². The van der Waals surface area contributed by atoms with Gasteiger partial charge in [0.2, 0.25) is 0 Å². The van der Waals surface area contributed by atoms with Crippen LogP contribution in [-0.4, -0.2) is 9.55 Å². The monoisotopic (exact) mass is 179 g/mol. The fourth-order valence-electron chi connectivity index (χ4n) is 1.43. The Labute approximate surface area is 79.3 Å². The van der Waals surface area contributed by atoms with Gasteiger partial charge in [-0.25, -0.2) is 4.98 Å². The van der Waals surface area contributed by atoms with Gasteiger partial charge in [0.15, 0.2) is 0 Å². The molecule has 3 nitrogen and oxygen atoms in total. The smallest absolute Gasteiger partial charge is 0.127 e. The van der Waals surface area contributed by atoms with E-state index in [1.54, 1.807) is 0 Å². The molecule has 0 unspecified atom stereocenters. The third-order valence-corrected chi connectivity index (χ3v) is 2.12. The zero-order valence-corrected chi connectivity index (χ0v) is 8.38. The third-order valence-electron chi connectivity index (χ3n) is 2.12. The Morgan fingerprint density at radius 1 is 1.46 bits per heavy atom.